The van der Waals surface area contributed by atoms with E-state index in [-0.39, 0.29) is 5.41 Å². The van der Waals surface area contributed by atoms with Gasteiger partial charge in [0.05, 0.1) is 0 Å². The molecule has 0 radical (unpaired) electrons. The SMILES string of the molecule is O=C1[C@@H]2[C@@H]([C@H]3C=C[C@@H]2C3)C12CCCC2. The molecule has 4 aliphatic carbocycles. The van der Waals surface area contributed by atoms with E-state index < -0.39 is 0 Å². The van der Waals surface area contributed by atoms with Crippen LogP contribution in [0.1, 0.15) is 32.1 Å². The summed E-state index contributed by atoms with van der Waals surface area (Å²) >= 11 is 0. The van der Waals surface area contributed by atoms with Gasteiger partial charge in [-0.2, -0.15) is 0 Å². The highest BCUT2D eigenvalue weighted by molar-refractivity contribution is 5.95. The van der Waals surface area contributed by atoms with Crippen LogP contribution in [-0.4, -0.2) is 5.78 Å². The number of hydrogen-bond acceptors (Lipinski definition) is 1. The van der Waals surface area contributed by atoms with Crippen molar-refractivity contribution in [2.75, 3.05) is 0 Å². The second-order valence-corrected chi connectivity index (χ2v) is 5.73. The van der Waals surface area contributed by atoms with Gasteiger partial charge in [-0.3, -0.25) is 4.79 Å². The minimum Gasteiger partial charge on any atom is -0.299 e. The number of carbonyl (C=O) groups is 1. The van der Waals surface area contributed by atoms with Crippen LogP contribution >= 0.6 is 0 Å². The van der Waals surface area contributed by atoms with Crippen molar-refractivity contribution < 1.29 is 4.79 Å². The fourth-order valence-electron chi connectivity index (χ4n) is 4.92. The van der Waals surface area contributed by atoms with Gasteiger partial charge in [0.15, 0.2) is 0 Å². The standard InChI is InChI=1S/C13H16O/c14-12-10-8-3-4-9(7-8)11(10)13(12)5-1-2-6-13/h3-4,8-11H,1-2,5-7H2/t8-,9+,10+,11-/m1/s1. The summed E-state index contributed by atoms with van der Waals surface area (Å²) in [7, 11) is 0. The van der Waals surface area contributed by atoms with Crippen LogP contribution in [0.25, 0.3) is 0 Å². The van der Waals surface area contributed by atoms with Crippen LogP contribution in [0, 0.1) is 29.1 Å². The third kappa shape index (κ3) is 0.600. The van der Waals surface area contributed by atoms with Gasteiger partial charge < -0.3 is 0 Å². The van der Waals surface area contributed by atoms with Crippen molar-refractivity contribution in [3.05, 3.63) is 12.2 Å². The van der Waals surface area contributed by atoms with E-state index in [9.17, 15) is 4.79 Å². The Bertz CT molecular complexity index is 335. The van der Waals surface area contributed by atoms with Crippen LogP contribution in [0.2, 0.25) is 0 Å². The molecule has 1 heteroatoms. The van der Waals surface area contributed by atoms with E-state index in [1.807, 2.05) is 0 Å². The van der Waals surface area contributed by atoms with Crippen LogP contribution < -0.4 is 0 Å². The lowest BCUT2D eigenvalue weighted by molar-refractivity contribution is -0.158. The maximum atomic E-state index is 12.2. The zero-order valence-corrected chi connectivity index (χ0v) is 8.41. The van der Waals surface area contributed by atoms with E-state index in [2.05, 4.69) is 12.2 Å². The van der Waals surface area contributed by atoms with Crippen molar-refractivity contribution in [3.63, 3.8) is 0 Å². The minimum atomic E-state index is 0.189. The quantitative estimate of drug-likeness (QED) is 0.534. The number of Topliss-reactive ketones (excluding diaryl/α,β-unsaturated/α-hetero) is 1. The van der Waals surface area contributed by atoms with Gasteiger partial charge in [-0.25, -0.2) is 0 Å². The minimum absolute atomic E-state index is 0.189. The lowest BCUT2D eigenvalue weighted by Crippen LogP contribution is -2.57. The number of fused-ring (bicyclic) bond motifs is 6. The molecule has 1 nitrogen and oxygen atoms in total. The Morgan fingerprint density at radius 1 is 1.14 bits per heavy atom. The third-order valence-corrected chi connectivity index (χ3v) is 5.39. The molecule has 1 spiro atoms. The van der Waals surface area contributed by atoms with Crippen LogP contribution in [-0.2, 0) is 4.79 Å². The second-order valence-electron chi connectivity index (χ2n) is 5.73. The van der Waals surface area contributed by atoms with Crippen LogP contribution in [0.3, 0.4) is 0 Å². The average Bonchev–Trinajstić information content (AvgIpc) is 2.90. The second kappa shape index (κ2) is 2.15. The summed E-state index contributed by atoms with van der Waals surface area (Å²) in [6.07, 6.45) is 11.0. The molecule has 0 aromatic rings. The van der Waals surface area contributed by atoms with Crippen molar-refractivity contribution in [1.82, 2.24) is 0 Å². The Kier molecular flexibility index (Phi) is 1.18. The Morgan fingerprint density at radius 3 is 2.64 bits per heavy atom. The zero-order valence-electron chi connectivity index (χ0n) is 8.41. The van der Waals surface area contributed by atoms with Gasteiger partial charge in [0.1, 0.15) is 5.78 Å². The predicted molar refractivity (Wildman–Crippen MR) is 53.6 cm³/mol. The molecule has 4 atom stereocenters. The molecule has 0 heterocycles. The van der Waals surface area contributed by atoms with Crippen molar-refractivity contribution in [2.45, 2.75) is 32.1 Å². The molecule has 0 aromatic heterocycles. The Labute approximate surface area is 84.6 Å². The molecule has 0 unspecified atom stereocenters. The molecule has 74 valence electrons. The fraction of sp³-hybridized carbons (Fsp3) is 0.769. The first-order valence-corrected chi connectivity index (χ1v) is 6.06. The van der Waals surface area contributed by atoms with Crippen LogP contribution in [0.5, 0.6) is 0 Å². The molecule has 3 fully saturated rings. The van der Waals surface area contributed by atoms with Crippen molar-refractivity contribution >= 4 is 5.78 Å². The molecule has 4 aliphatic rings. The normalized spacial score (nSPS) is 51.3. The molecule has 3 saturated carbocycles. The maximum absolute atomic E-state index is 12.2. The van der Waals surface area contributed by atoms with Gasteiger partial charge >= 0.3 is 0 Å². The van der Waals surface area contributed by atoms with Crippen molar-refractivity contribution in [1.29, 1.82) is 0 Å². The van der Waals surface area contributed by atoms with E-state index in [0.29, 0.717) is 17.6 Å². The highest BCUT2D eigenvalue weighted by atomic mass is 16.1. The summed E-state index contributed by atoms with van der Waals surface area (Å²) in [4.78, 5) is 12.2. The van der Waals surface area contributed by atoms with Gasteiger partial charge in [0.25, 0.3) is 0 Å². The molecular weight excluding hydrogens is 172 g/mol. The molecular formula is C13H16O. The van der Waals surface area contributed by atoms with Gasteiger partial charge in [0, 0.05) is 11.3 Å². The lowest BCUT2D eigenvalue weighted by Gasteiger charge is -2.52. The maximum Gasteiger partial charge on any atom is 0.143 e. The van der Waals surface area contributed by atoms with E-state index in [0.717, 1.165) is 11.8 Å². The molecule has 0 amide bonds. The predicted octanol–water partition coefficient (Wildman–Crippen LogP) is 2.57. The molecule has 0 aromatic carbocycles. The number of ketones is 1. The number of carbonyl (C=O) groups excluding carboxylic acids is 1. The first-order chi connectivity index (χ1) is 6.83. The summed E-state index contributed by atoms with van der Waals surface area (Å²) < 4.78 is 0. The van der Waals surface area contributed by atoms with Crippen molar-refractivity contribution in [2.24, 2.45) is 29.1 Å². The van der Waals surface area contributed by atoms with Crippen LogP contribution in [0.4, 0.5) is 0 Å². The number of hydrogen-bond donors (Lipinski definition) is 0. The number of rotatable bonds is 0. The van der Waals surface area contributed by atoms with E-state index >= 15 is 0 Å². The van der Waals surface area contributed by atoms with Gasteiger partial charge in [-0.1, -0.05) is 25.0 Å². The third-order valence-electron chi connectivity index (χ3n) is 5.39. The lowest BCUT2D eigenvalue weighted by atomic mass is 9.49. The molecule has 0 N–H and O–H groups in total. The first-order valence-electron chi connectivity index (χ1n) is 6.06. The monoisotopic (exact) mass is 188 g/mol. The smallest absolute Gasteiger partial charge is 0.143 e. The van der Waals surface area contributed by atoms with E-state index in [1.165, 1.54) is 32.1 Å². The highest BCUT2D eigenvalue weighted by Gasteiger charge is 2.69. The topological polar surface area (TPSA) is 17.1 Å². The Hall–Kier alpha value is -0.590. The van der Waals surface area contributed by atoms with Crippen molar-refractivity contribution in [3.8, 4) is 0 Å². The molecule has 0 saturated heterocycles. The van der Waals surface area contributed by atoms with E-state index in [4.69, 9.17) is 0 Å². The summed E-state index contributed by atoms with van der Waals surface area (Å²) in [5.41, 5.74) is 0.189. The fourth-order valence-corrected chi connectivity index (χ4v) is 4.92. The molecule has 0 aliphatic heterocycles. The van der Waals surface area contributed by atoms with Gasteiger partial charge in [0.2, 0.25) is 0 Å². The van der Waals surface area contributed by atoms with Gasteiger partial charge in [-0.05, 0) is 37.0 Å². The van der Waals surface area contributed by atoms with Gasteiger partial charge in [-0.15, -0.1) is 0 Å². The Morgan fingerprint density at radius 2 is 1.86 bits per heavy atom. The first kappa shape index (κ1) is 7.67. The number of allylic oxidation sites excluding steroid dienone is 2. The zero-order chi connectivity index (χ0) is 9.34. The molecule has 14 heavy (non-hydrogen) atoms. The van der Waals surface area contributed by atoms with E-state index in [1.54, 1.807) is 0 Å². The summed E-state index contributed by atoms with van der Waals surface area (Å²) in [6, 6.07) is 0. The average molecular weight is 188 g/mol. The largest absolute Gasteiger partial charge is 0.299 e. The Balaban J connectivity index is 1.78. The summed E-state index contributed by atoms with van der Waals surface area (Å²) in [6.45, 7) is 0. The van der Waals surface area contributed by atoms with Crippen LogP contribution in [0.15, 0.2) is 12.2 Å². The highest BCUT2D eigenvalue weighted by Crippen LogP contribution is 2.68. The molecule has 2 bridgehead atoms. The molecule has 4 rings (SSSR count). The summed E-state index contributed by atoms with van der Waals surface area (Å²) in [5, 5.41) is 0. The summed E-state index contributed by atoms with van der Waals surface area (Å²) in [5.74, 6) is 3.30.